The highest BCUT2D eigenvalue weighted by molar-refractivity contribution is 9.10. The Bertz CT molecular complexity index is 8650. The molecule has 0 unspecified atom stereocenters. The zero-order chi connectivity index (χ0) is 107. The smallest absolute Gasteiger partial charge is 0.332 e. The summed E-state index contributed by atoms with van der Waals surface area (Å²) in [6.07, 6.45) is 4.52. The number of para-hydroxylation sites is 1. The number of nitrogens with one attached hydrogen (secondary N) is 2. The van der Waals surface area contributed by atoms with Crippen LogP contribution in [0.1, 0.15) is 97.9 Å². The van der Waals surface area contributed by atoms with E-state index >= 15 is 0 Å². The van der Waals surface area contributed by atoms with E-state index in [0.29, 0.717) is 117 Å². The molecule has 0 saturated carbocycles. The molecule has 37 nitrogen and oxygen atoms in total. The van der Waals surface area contributed by atoms with Gasteiger partial charge in [-0.2, -0.15) is 24.9 Å². The quantitative estimate of drug-likeness (QED) is 0.0395. The molecule has 0 spiro atoms. The molecule has 10 aromatic heterocycles. The number of halogens is 6. The number of aryl methyl sites for hydroxylation is 7. The maximum absolute atomic E-state index is 13.8. The standard InChI is InChI=1S/C24H26ClN5O3.C22H19ClF2N4O3.C22H22N4O3.C20H26ClN5O2.C17H20BrN5O3/c1-5-29(6-2)18-8-7-9-19(14-18)33-23-26-21-20(22(31)28(4)24(32)27(21)3)30(23)15-16-10-12-17(25)13-11-16;1-22(24,25)14-5-4-6-16(11-14)32-20-26-18-17(19(30)28(3)21(31)27(18)2)29(20)12-13-7-9-15(23)10-8-13;1-14-9-11-16(12-10-14)13-26-18-19(24(3)22(28)25(4)20(18)27)23-21(26)29-17-8-6-5-7-15(17)2;1-4-5-6-7-11-22-19-23-17-16(18(27)25(3)20(28)24(17)2)26(19)13-14-9-8-10-15(21)12-14;1-21-14-13(15(24)22(2)17(21)25)23(16(20-14)19-7-8-26-3)10-11-5-4-6-12(18)9-11/h7-14H,5-6,15H2,1-4H3;4-11H,12H2,1-3H3;5-12H,13H2,1-4H3;8-10,12H,4-7,11,13H2,1-3H3,(H,22,23);4-6,9H,7-8,10H2,1-3H3,(H,19,20). The van der Waals surface area contributed by atoms with Crippen LogP contribution in [0.3, 0.4) is 0 Å². The van der Waals surface area contributed by atoms with Crippen LogP contribution in [0, 0.1) is 13.8 Å². The van der Waals surface area contributed by atoms with Crippen molar-refractivity contribution in [2.75, 3.05) is 55.4 Å². The normalized spacial score (nSPS) is 11.3. The molecule has 148 heavy (non-hydrogen) atoms. The number of hydrogen-bond donors (Lipinski definition) is 2. The number of anilines is 3. The van der Waals surface area contributed by atoms with Crippen molar-refractivity contribution in [1.29, 1.82) is 0 Å². The van der Waals surface area contributed by atoms with Gasteiger partial charge in [-0.3, -0.25) is 92.5 Å². The summed E-state index contributed by atoms with van der Waals surface area (Å²) in [5, 5.41) is 8.34. The van der Waals surface area contributed by atoms with Crippen molar-refractivity contribution in [2.24, 2.45) is 70.5 Å². The molecule has 8 aromatic carbocycles. The zero-order valence-electron chi connectivity index (χ0n) is 84.7. The van der Waals surface area contributed by atoms with Crippen molar-refractivity contribution < 1.29 is 27.7 Å². The van der Waals surface area contributed by atoms with Crippen LogP contribution in [0.4, 0.5) is 26.4 Å². The first-order chi connectivity index (χ1) is 70.6. The van der Waals surface area contributed by atoms with Gasteiger partial charge in [-0.25, -0.2) is 32.8 Å². The fraction of sp³-hybridized carbons (Fsp3) is 0.305. The molecule has 10 heterocycles. The van der Waals surface area contributed by atoms with Crippen LogP contribution in [0.2, 0.25) is 15.1 Å². The van der Waals surface area contributed by atoms with E-state index in [1.165, 1.54) is 107 Å². The van der Waals surface area contributed by atoms with Crippen molar-refractivity contribution >= 4 is 124 Å². The van der Waals surface area contributed by atoms with Crippen molar-refractivity contribution in [3.05, 3.63) is 362 Å². The minimum Gasteiger partial charge on any atom is -0.425 e. The first kappa shape index (κ1) is 108. The number of imidazole rings is 5. The number of nitrogens with zero attached hydrogens (tertiary/aromatic N) is 21. The van der Waals surface area contributed by atoms with Gasteiger partial charge in [-0.1, -0.05) is 192 Å². The average molecular weight is 2150 g/mol. The second kappa shape index (κ2) is 46.9. The summed E-state index contributed by atoms with van der Waals surface area (Å²) in [5.41, 5.74) is 6.25. The molecule has 0 aliphatic rings. The summed E-state index contributed by atoms with van der Waals surface area (Å²) < 4.78 is 72.4. The Labute approximate surface area is 869 Å². The Balaban J connectivity index is 0.000000146. The summed E-state index contributed by atoms with van der Waals surface area (Å²) in [7, 11) is 16.8. The van der Waals surface area contributed by atoms with Crippen molar-refractivity contribution in [3.63, 3.8) is 0 Å². The number of alkyl halides is 2. The summed E-state index contributed by atoms with van der Waals surface area (Å²) in [6.45, 7) is 16.4. The van der Waals surface area contributed by atoms with Crippen LogP contribution in [0.25, 0.3) is 55.8 Å². The molecule has 0 atom stereocenters. The van der Waals surface area contributed by atoms with Gasteiger partial charge in [-0.15, -0.1) is 0 Å². The van der Waals surface area contributed by atoms with E-state index in [1.807, 2.05) is 152 Å². The van der Waals surface area contributed by atoms with Crippen LogP contribution in [0.15, 0.2) is 247 Å². The van der Waals surface area contributed by atoms with Gasteiger partial charge in [0.25, 0.3) is 33.7 Å². The Kier molecular flexibility index (Phi) is 34.3. The van der Waals surface area contributed by atoms with Crippen LogP contribution >= 0.6 is 50.7 Å². The third-order valence-corrected chi connectivity index (χ3v) is 26.2. The van der Waals surface area contributed by atoms with Gasteiger partial charge in [0.15, 0.2) is 55.8 Å². The molecule has 0 bridgehead atoms. The lowest BCUT2D eigenvalue weighted by Crippen LogP contribution is -2.37. The number of methoxy groups -OCH3 is 1. The fourth-order valence-electron chi connectivity index (χ4n) is 16.6. The lowest BCUT2D eigenvalue weighted by molar-refractivity contribution is 0.0172. The van der Waals surface area contributed by atoms with Gasteiger partial charge >= 0.3 is 46.5 Å². The molecule has 774 valence electrons. The maximum atomic E-state index is 13.8. The Morgan fingerprint density at radius 2 is 0.743 bits per heavy atom. The monoisotopic (exact) mass is 2140 g/mol. The molecule has 0 radical (unpaired) electrons. The van der Waals surface area contributed by atoms with Gasteiger partial charge < -0.3 is 34.5 Å². The molecular formula is C105H113BrCl3F2N23O14. The predicted octanol–water partition coefficient (Wildman–Crippen LogP) is 15.1. The highest BCUT2D eigenvalue weighted by atomic mass is 79.9. The summed E-state index contributed by atoms with van der Waals surface area (Å²) in [4.78, 5) is 151. The molecule has 18 rings (SSSR count). The molecule has 0 aliphatic carbocycles. The summed E-state index contributed by atoms with van der Waals surface area (Å²) in [6, 6.07) is 59.0. The van der Waals surface area contributed by atoms with Gasteiger partial charge in [-0.05, 0) is 146 Å². The van der Waals surface area contributed by atoms with Crippen LogP contribution < -0.4 is 86.0 Å². The Hall–Kier alpha value is -15.5. The topological polar surface area (TPSA) is 373 Å². The van der Waals surface area contributed by atoms with E-state index in [9.17, 15) is 56.7 Å². The number of hydrogen-bond acceptors (Lipinski definition) is 22. The Morgan fingerprint density at radius 1 is 0.372 bits per heavy atom. The number of aromatic nitrogens is 20. The second-order valence-corrected chi connectivity index (χ2v) is 37.7. The number of fused-ring (bicyclic) bond motifs is 5. The molecular weight excluding hydrogens is 2030 g/mol. The molecule has 18 aromatic rings. The van der Waals surface area contributed by atoms with Gasteiger partial charge in [0.05, 0.1) is 39.3 Å². The minimum absolute atomic E-state index is 0.00943. The maximum Gasteiger partial charge on any atom is 0.332 e. The predicted molar refractivity (Wildman–Crippen MR) is 577 cm³/mol. The summed E-state index contributed by atoms with van der Waals surface area (Å²) >= 11 is 21.6. The fourth-order valence-corrected chi connectivity index (χ4v) is 17.6. The van der Waals surface area contributed by atoms with Crippen molar-refractivity contribution in [2.45, 2.75) is 106 Å². The molecule has 43 heteroatoms. The van der Waals surface area contributed by atoms with Crippen molar-refractivity contribution in [1.82, 2.24) is 93.4 Å². The van der Waals surface area contributed by atoms with Crippen molar-refractivity contribution in [3.8, 4) is 35.3 Å². The minimum atomic E-state index is -3.05. The molecule has 2 N–H and O–H groups in total. The molecule has 0 aliphatic heterocycles. The first-order valence-electron chi connectivity index (χ1n) is 47.4. The largest absolute Gasteiger partial charge is 0.425 e. The van der Waals surface area contributed by atoms with E-state index in [4.69, 9.17) is 53.8 Å². The van der Waals surface area contributed by atoms with Gasteiger partial charge in [0, 0.05) is 148 Å². The highest BCUT2D eigenvalue weighted by Gasteiger charge is 2.30. The third kappa shape index (κ3) is 23.8. The molecule has 0 saturated heterocycles. The van der Waals surface area contributed by atoms with Gasteiger partial charge in [0.1, 0.15) is 17.2 Å². The third-order valence-electron chi connectivity index (χ3n) is 25.0. The van der Waals surface area contributed by atoms with E-state index in [2.05, 4.69) is 77.2 Å². The Morgan fingerprint density at radius 3 is 1.15 bits per heavy atom. The van der Waals surface area contributed by atoms with Crippen LogP contribution in [-0.2, 0) is 114 Å². The van der Waals surface area contributed by atoms with E-state index in [1.54, 1.807) is 85.4 Å². The number of rotatable bonds is 30. The van der Waals surface area contributed by atoms with Crippen LogP contribution in [0.5, 0.6) is 35.3 Å². The number of ether oxygens (including phenoxy) is 4. The van der Waals surface area contributed by atoms with Gasteiger partial charge in [0.2, 0.25) is 11.9 Å². The van der Waals surface area contributed by atoms with E-state index in [0.717, 1.165) is 111 Å². The second-order valence-electron chi connectivity index (χ2n) is 35.4. The molecule has 0 fully saturated rings. The number of unbranched alkanes of at least 4 members (excludes halogenated alkanes) is 3. The van der Waals surface area contributed by atoms with E-state index < -0.39 is 45.4 Å². The zero-order valence-corrected chi connectivity index (χ0v) is 88.6. The highest BCUT2D eigenvalue weighted by Crippen LogP contribution is 2.35. The van der Waals surface area contributed by atoms with Crippen LogP contribution in [-0.4, -0.2) is 133 Å². The number of benzene rings is 8. The lowest BCUT2D eigenvalue weighted by Gasteiger charge is -2.21. The SMILES string of the molecule is CCCCCCNc1nc2c(c(=O)n(C)c(=O)n2C)n1Cc1cccc(Cl)c1.CCN(CC)c1cccc(Oc2nc3c(c(=O)n(C)c(=O)n3C)n2Cc2ccc(Cl)cc2)c1.COCCNc1nc2c(c(=O)n(C)c(=O)n2C)n1Cc1cccc(Br)c1.Cc1ccc(Cn2c(Oc3ccccc3C)nc3c2c(=O)n(C)c(=O)n3C)cc1.Cn1c(=O)c2c(nc(Oc3cccc(C(C)(F)F)c3)n2Cc2ccc(Cl)cc2)n(C)c1=O. The molecule has 0 amide bonds. The van der Waals surface area contributed by atoms with E-state index in [-0.39, 0.29) is 69.5 Å². The average Bonchev–Trinajstić information content (AvgIpc) is 1.62. The summed E-state index contributed by atoms with van der Waals surface area (Å²) in [5.74, 6) is -0.579. The first-order valence-corrected chi connectivity index (χ1v) is 49.3. The lowest BCUT2D eigenvalue weighted by atomic mass is 10.1.